The molecule has 1 aromatic heterocycles. The first-order valence-electron chi connectivity index (χ1n) is 10.3. The monoisotopic (exact) mass is 461 g/mol. The molecular weight excluding hydrogens is 418 g/mol. The fraction of sp³-hybridized carbons (Fsp3) is 0.773. The van der Waals surface area contributed by atoms with Gasteiger partial charge in [-0.15, -0.1) is 5.10 Å². The minimum absolute atomic E-state index is 0.141. The molecule has 0 unspecified atom stereocenters. The van der Waals surface area contributed by atoms with Crippen molar-refractivity contribution in [1.82, 2.24) is 15.0 Å². The smallest absolute Gasteiger partial charge is 0.305 e. The maximum absolute atomic E-state index is 11.1. The van der Waals surface area contributed by atoms with Crippen LogP contribution in [0, 0.1) is 12.3 Å². The van der Waals surface area contributed by atoms with Crippen LogP contribution in [-0.2, 0) is 19.6 Å². The Morgan fingerprint density at radius 3 is 2.33 bits per heavy atom. The van der Waals surface area contributed by atoms with Gasteiger partial charge in [-0.3, -0.25) is 4.79 Å². The number of ether oxygens (including phenoxy) is 1. The molecule has 0 amide bonds. The van der Waals surface area contributed by atoms with Crippen LogP contribution in [0.15, 0.2) is 12.2 Å². The highest BCUT2D eigenvalue weighted by Gasteiger charge is 2.21. The van der Waals surface area contributed by atoms with E-state index in [-0.39, 0.29) is 12.1 Å². The van der Waals surface area contributed by atoms with Crippen LogP contribution in [0.1, 0.15) is 70.9 Å². The quantitative estimate of drug-likeness (QED) is 0.245. The number of carbonyl (C=O) groups is 1. The molecule has 176 valence electrons. The molecule has 1 aromatic rings. The first-order valence-corrected chi connectivity index (χ1v) is 14.5. The molecule has 0 saturated heterocycles. The number of esters is 1. The van der Waals surface area contributed by atoms with Crippen LogP contribution in [0.4, 0.5) is 0 Å². The SMILES string of the molecule is CCC(C)(C)C.COC(=O)CC/C=C\C[C@H](OSC)c1nnn(CS(C)(C)C)c1C. The number of allylic oxidation sites excluding steroid dienone is 1. The van der Waals surface area contributed by atoms with Gasteiger partial charge in [0.1, 0.15) is 11.8 Å². The molecule has 0 spiro atoms. The summed E-state index contributed by atoms with van der Waals surface area (Å²) in [5, 5.41) is 8.64. The second kappa shape index (κ2) is 14.1. The van der Waals surface area contributed by atoms with Gasteiger partial charge in [-0.2, -0.15) is 0 Å². The van der Waals surface area contributed by atoms with E-state index in [4.69, 9.17) is 4.18 Å². The zero-order valence-corrected chi connectivity index (χ0v) is 22.3. The Morgan fingerprint density at radius 2 is 1.87 bits per heavy atom. The standard InChI is InChI=1S/C16H29N3O3S2.C6H14/c1-13-16(17-18-19(13)12-24(4,5)6)14(22-23-3)10-8-7-9-11-15(20)21-2;1-5-6(2,3)4/h7-8,14H,9-12H2,1-6H3;5H2,1-4H3/b8-7-;/t14-;/m0./s1. The Balaban J connectivity index is 0.00000122. The van der Waals surface area contributed by atoms with Gasteiger partial charge in [0.15, 0.2) is 0 Å². The molecule has 0 radical (unpaired) electrons. The van der Waals surface area contributed by atoms with Gasteiger partial charge in [0, 0.05) is 12.7 Å². The van der Waals surface area contributed by atoms with Crippen molar-refractivity contribution in [3.05, 3.63) is 23.5 Å². The maximum Gasteiger partial charge on any atom is 0.305 e. The normalized spacial score (nSPS) is 13.7. The van der Waals surface area contributed by atoms with Crippen molar-refractivity contribution in [2.45, 2.75) is 72.3 Å². The Morgan fingerprint density at radius 1 is 1.27 bits per heavy atom. The average Bonchev–Trinajstić information content (AvgIpc) is 2.99. The van der Waals surface area contributed by atoms with Crippen molar-refractivity contribution in [3.63, 3.8) is 0 Å². The first kappa shape index (κ1) is 29.0. The van der Waals surface area contributed by atoms with Gasteiger partial charge in [0.25, 0.3) is 0 Å². The first-order chi connectivity index (χ1) is 13.8. The minimum Gasteiger partial charge on any atom is -0.469 e. The van der Waals surface area contributed by atoms with Gasteiger partial charge in [-0.1, -0.05) is 51.5 Å². The van der Waals surface area contributed by atoms with Crippen LogP contribution >= 0.6 is 22.1 Å². The van der Waals surface area contributed by atoms with Crippen molar-refractivity contribution in [3.8, 4) is 0 Å². The number of aromatic nitrogens is 3. The maximum atomic E-state index is 11.1. The highest BCUT2D eigenvalue weighted by Crippen LogP contribution is 2.37. The molecule has 0 aliphatic heterocycles. The molecule has 0 N–H and O–H groups in total. The summed E-state index contributed by atoms with van der Waals surface area (Å²) < 4.78 is 12.4. The highest BCUT2D eigenvalue weighted by atomic mass is 32.3. The topological polar surface area (TPSA) is 66.2 Å². The number of methoxy groups -OCH3 is 1. The van der Waals surface area contributed by atoms with Gasteiger partial charge in [0.2, 0.25) is 0 Å². The van der Waals surface area contributed by atoms with E-state index in [0.717, 1.165) is 17.3 Å². The number of carbonyl (C=O) groups excluding carboxylic acids is 1. The number of rotatable bonds is 10. The lowest BCUT2D eigenvalue weighted by Crippen LogP contribution is -2.09. The van der Waals surface area contributed by atoms with Gasteiger partial charge in [0.05, 0.1) is 18.7 Å². The molecular formula is C22H43N3O3S2. The molecule has 0 saturated carbocycles. The molecule has 30 heavy (non-hydrogen) atoms. The van der Waals surface area contributed by atoms with E-state index in [1.807, 2.05) is 30.0 Å². The van der Waals surface area contributed by atoms with Crippen LogP contribution in [0.3, 0.4) is 0 Å². The molecule has 0 aliphatic carbocycles. The minimum atomic E-state index is -0.703. The lowest BCUT2D eigenvalue weighted by atomic mass is 9.94. The molecule has 0 fully saturated rings. The van der Waals surface area contributed by atoms with E-state index in [0.29, 0.717) is 24.7 Å². The van der Waals surface area contributed by atoms with E-state index in [1.165, 1.54) is 25.6 Å². The summed E-state index contributed by atoms with van der Waals surface area (Å²) in [6, 6.07) is 0. The van der Waals surface area contributed by atoms with E-state index in [2.05, 4.69) is 61.5 Å². The summed E-state index contributed by atoms with van der Waals surface area (Å²) in [7, 11) is 0.700. The van der Waals surface area contributed by atoms with E-state index in [1.54, 1.807) is 0 Å². The van der Waals surface area contributed by atoms with Gasteiger partial charge >= 0.3 is 5.97 Å². The lowest BCUT2D eigenvalue weighted by Gasteiger charge is -2.25. The Kier molecular flexibility index (Phi) is 13.7. The van der Waals surface area contributed by atoms with E-state index >= 15 is 0 Å². The molecule has 8 heteroatoms. The summed E-state index contributed by atoms with van der Waals surface area (Å²) in [4.78, 5) is 11.1. The zero-order chi connectivity index (χ0) is 23.4. The van der Waals surface area contributed by atoms with Gasteiger partial charge < -0.3 is 8.92 Å². The lowest BCUT2D eigenvalue weighted by molar-refractivity contribution is -0.140. The third kappa shape index (κ3) is 13.3. The fourth-order valence-electron chi connectivity index (χ4n) is 2.11. The predicted octanol–water partition coefficient (Wildman–Crippen LogP) is 5.92. The molecule has 0 aliphatic rings. The number of hydrogen-bond acceptors (Lipinski definition) is 6. The fourth-order valence-corrected chi connectivity index (χ4v) is 3.50. The van der Waals surface area contributed by atoms with Gasteiger partial charge in [-0.25, -0.2) is 14.7 Å². The zero-order valence-electron chi connectivity index (χ0n) is 20.7. The molecule has 1 atom stereocenters. The van der Waals surface area contributed by atoms with Crippen molar-refractivity contribution < 1.29 is 13.7 Å². The Labute approximate surface area is 190 Å². The summed E-state index contributed by atoms with van der Waals surface area (Å²) in [5.74, 6) is 0.701. The summed E-state index contributed by atoms with van der Waals surface area (Å²) >= 11 is 1.33. The molecule has 0 aromatic carbocycles. The molecule has 1 heterocycles. The summed E-state index contributed by atoms with van der Waals surface area (Å²) in [5.41, 5.74) is 2.48. The molecule has 1 rings (SSSR count). The van der Waals surface area contributed by atoms with Crippen molar-refractivity contribution >= 4 is 28.0 Å². The van der Waals surface area contributed by atoms with Crippen LogP contribution in [0.5, 0.6) is 0 Å². The van der Waals surface area contributed by atoms with Gasteiger partial charge in [-0.05, 0) is 56.0 Å². The van der Waals surface area contributed by atoms with E-state index < -0.39 is 10.0 Å². The summed E-state index contributed by atoms with van der Waals surface area (Å²) in [6.45, 7) is 11.0. The van der Waals surface area contributed by atoms with Crippen molar-refractivity contribution in [1.29, 1.82) is 0 Å². The second-order valence-electron chi connectivity index (χ2n) is 9.27. The predicted molar refractivity (Wildman–Crippen MR) is 132 cm³/mol. The largest absolute Gasteiger partial charge is 0.469 e. The van der Waals surface area contributed by atoms with Crippen LogP contribution in [0.25, 0.3) is 0 Å². The van der Waals surface area contributed by atoms with Crippen molar-refractivity contribution in [2.24, 2.45) is 5.41 Å². The third-order valence-electron chi connectivity index (χ3n) is 4.37. The molecule has 0 bridgehead atoms. The average molecular weight is 462 g/mol. The third-order valence-corrected chi connectivity index (χ3v) is 5.81. The second-order valence-corrected chi connectivity index (χ2v) is 14.2. The summed E-state index contributed by atoms with van der Waals surface area (Å²) in [6.07, 6.45) is 15.6. The molecule has 6 nitrogen and oxygen atoms in total. The number of hydrogen-bond donors (Lipinski definition) is 0. The Bertz CT molecular complexity index is 647. The van der Waals surface area contributed by atoms with Crippen LogP contribution in [0.2, 0.25) is 0 Å². The van der Waals surface area contributed by atoms with Crippen LogP contribution in [-0.4, -0.2) is 53.1 Å². The Hall–Kier alpha value is -0.990. The van der Waals surface area contributed by atoms with Crippen LogP contribution < -0.4 is 0 Å². The number of nitrogens with zero attached hydrogens (tertiary/aromatic N) is 3. The van der Waals surface area contributed by atoms with E-state index in [9.17, 15) is 4.79 Å². The van der Waals surface area contributed by atoms with Crippen molar-refractivity contribution in [2.75, 3.05) is 32.1 Å². The highest BCUT2D eigenvalue weighted by molar-refractivity contribution is 8.31.